The van der Waals surface area contributed by atoms with E-state index in [0.29, 0.717) is 0 Å². The summed E-state index contributed by atoms with van der Waals surface area (Å²) in [4.78, 5) is 8.10. The number of aromatic nitrogens is 3. The second kappa shape index (κ2) is 3.20. The molecular formula is C3AlN3O3. The molecule has 0 radical (unpaired) electrons. The van der Waals surface area contributed by atoms with E-state index in [9.17, 15) is 15.3 Å². The summed E-state index contributed by atoms with van der Waals surface area (Å²) >= 11 is 0. The van der Waals surface area contributed by atoms with Gasteiger partial charge in [0.2, 0.25) is 0 Å². The van der Waals surface area contributed by atoms with Crippen molar-refractivity contribution in [2.45, 2.75) is 0 Å². The molecule has 7 heteroatoms. The molecule has 0 saturated heterocycles. The zero-order valence-corrected chi connectivity index (χ0v) is 5.80. The van der Waals surface area contributed by atoms with Crippen molar-refractivity contribution in [3.8, 4) is 18.0 Å². The second-order valence-electron chi connectivity index (χ2n) is 1.18. The molecule has 0 saturated carbocycles. The average molecular weight is 153 g/mol. The Morgan fingerprint density at radius 2 is 0.900 bits per heavy atom. The number of nitrogens with zero attached hydrogens (tertiary/aromatic N) is 3. The maximum atomic E-state index is 10.0. The molecule has 1 heterocycles. The van der Waals surface area contributed by atoms with Crippen LogP contribution < -0.4 is 15.3 Å². The Balaban J connectivity index is 0.000000810. The molecule has 0 unspecified atom stereocenters. The van der Waals surface area contributed by atoms with E-state index in [-0.39, 0.29) is 17.4 Å². The van der Waals surface area contributed by atoms with Crippen LogP contribution in [0.25, 0.3) is 0 Å². The van der Waals surface area contributed by atoms with Gasteiger partial charge in [0, 0.05) is 0 Å². The van der Waals surface area contributed by atoms with Crippen molar-refractivity contribution in [1.29, 1.82) is 0 Å². The van der Waals surface area contributed by atoms with Crippen LogP contribution in [0.4, 0.5) is 0 Å². The first-order chi connectivity index (χ1) is 4.18. The summed E-state index contributed by atoms with van der Waals surface area (Å²) in [5.74, 6) is 0. The molecule has 0 aromatic carbocycles. The first kappa shape index (κ1) is 8.94. The fraction of sp³-hybridized carbons (Fsp3) is 0. The van der Waals surface area contributed by atoms with Gasteiger partial charge in [-0.15, -0.1) is 0 Å². The first-order valence-corrected chi connectivity index (χ1v) is 1.95. The Kier molecular flexibility index (Phi) is 2.86. The fourth-order valence-electron chi connectivity index (χ4n) is 0.320. The van der Waals surface area contributed by atoms with Gasteiger partial charge in [-0.3, -0.25) is 0 Å². The van der Waals surface area contributed by atoms with E-state index in [1.54, 1.807) is 0 Å². The van der Waals surface area contributed by atoms with Crippen LogP contribution in [0.15, 0.2) is 0 Å². The normalized spacial score (nSPS) is 8.40. The van der Waals surface area contributed by atoms with Gasteiger partial charge >= 0.3 is 17.4 Å². The van der Waals surface area contributed by atoms with Crippen LogP contribution in [0.1, 0.15) is 0 Å². The van der Waals surface area contributed by atoms with Crippen LogP contribution in [-0.4, -0.2) is 32.3 Å². The third-order valence-corrected chi connectivity index (χ3v) is 0.574. The molecule has 0 spiro atoms. The van der Waals surface area contributed by atoms with Crippen LogP contribution in [0.2, 0.25) is 0 Å². The molecule has 1 aromatic heterocycles. The van der Waals surface area contributed by atoms with Gasteiger partial charge in [-0.1, -0.05) is 0 Å². The van der Waals surface area contributed by atoms with Gasteiger partial charge in [0.25, 0.3) is 0 Å². The Morgan fingerprint density at radius 1 is 0.700 bits per heavy atom. The molecule has 1 aromatic rings. The number of rotatable bonds is 0. The molecule has 0 aliphatic carbocycles. The minimum Gasteiger partial charge on any atom is -0.844 e. The molecule has 6 nitrogen and oxygen atoms in total. The summed E-state index contributed by atoms with van der Waals surface area (Å²) in [5, 5.41) is 30.1. The Morgan fingerprint density at radius 3 is 1.10 bits per heavy atom. The maximum Gasteiger partial charge on any atom is 3.00 e. The molecular weight excluding hydrogens is 153 g/mol. The van der Waals surface area contributed by atoms with Gasteiger partial charge in [0.15, 0.2) is 0 Å². The van der Waals surface area contributed by atoms with Gasteiger partial charge in [-0.25, -0.2) is 15.0 Å². The minimum absolute atomic E-state index is 0. The van der Waals surface area contributed by atoms with Crippen molar-refractivity contribution < 1.29 is 15.3 Å². The summed E-state index contributed by atoms with van der Waals surface area (Å²) in [6, 6.07) is -3.25. The summed E-state index contributed by atoms with van der Waals surface area (Å²) in [5.41, 5.74) is 0. The summed E-state index contributed by atoms with van der Waals surface area (Å²) in [6.07, 6.45) is 0. The van der Waals surface area contributed by atoms with E-state index in [1.807, 2.05) is 0 Å². The number of hydrogen-bond donors (Lipinski definition) is 0. The third-order valence-electron chi connectivity index (χ3n) is 0.574. The number of hydrogen-bond acceptors (Lipinski definition) is 6. The van der Waals surface area contributed by atoms with Gasteiger partial charge < -0.3 is 15.3 Å². The third kappa shape index (κ3) is 2.05. The predicted molar refractivity (Wildman–Crippen MR) is 23.9 cm³/mol. The maximum absolute atomic E-state index is 10.0. The fourth-order valence-corrected chi connectivity index (χ4v) is 0.320. The smallest absolute Gasteiger partial charge is 0.844 e. The van der Waals surface area contributed by atoms with Gasteiger partial charge in [-0.05, 0) is 0 Å². The van der Waals surface area contributed by atoms with E-state index in [4.69, 9.17) is 0 Å². The van der Waals surface area contributed by atoms with Crippen molar-refractivity contribution in [3.05, 3.63) is 0 Å². The van der Waals surface area contributed by atoms with Crippen LogP contribution >= 0.6 is 0 Å². The van der Waals surface area contributed by atoms with Crippen molar-refractivity contribution in [3.63, 3.8) is 0 Å². The van der Waals surface area contributed by atoms with Crippen LogP contribution in [0.3, 0.4) is 0 Å². The largest absolute Gasteiger partial charge is 3.00 e. The topological polar surface area (TPSA) is 108 Å². The minimum atomic E-state index is -1.08. The molecule has 1 rings (SSSR count). The molecule has 0 aliphatic rings. The Bertz CT molecular complexity index is 180. The molecule has 0 aliphatic heterocycles. The Hall–Kier alpha value is -1.06. The quantitative estimate of drug-likeness (QED) is 0.361. The van der Waals surface area contributed by atoms with E-state index in [2.05, 4.69) is 15.0 Å². The molecule has 0 fully saturated rings. The van der Waals surface area contributed by atoms with Crippen molar-refractivity contribution in [2.75, 3.05) is 0 Å². The molecule has 0 amide bonds. The standard InChI is InChI=1S/C3H3N3O3.Al/c7-1-4-2(8)6-3(9)5-1;/h(H3,4,5,6,7,8,9);/q;+3/p-3. The van der Waals surface area contributed by atoms with Crippen LogP contribution in [-0.2, 0) is 0 Å². The molecule has 48 valence electrons. The molecule has 0 atom stereocenters. The molecule has 10 heavy (non-hydrogen) atoms. The average Bonchev–Trinajstić information content (AvgIpc) is 1.59. The SMILES string of the molecule is [Al+3].[O-]c1nc([O-])nc([O-])n1. The van der Waals surface area contributed by atoms with Crippen molar-refractivity contribution >= 4 is 17.4 Å². The zero-order valence-electron chi connectivity index (χ0n) is 4.64. The monoisotopic (exact) mass is 153 g/mol. The second-order valence-corrected chi connectivity index (χ2v) is 1.18. The van der Waals surface area contributed by atoms with Crippen molar-refractivity contribution in [2.24, 2.45) is 0 Å². The van der Waals surface area contributed by atoms with Crippen LogP contribution in [0, 0.1) is 0 Å². The van der Waals surface area contributed by atoms with E-state index >= 15 is 0 Å². The van der Waals surface area contributed by atoms with Gasteiger partial charge in [0.05, 0.1) is 18.0 Å². The van der Waals surface area contributed by atoms with Gasteiger partial charge in [0.1, 0.15) is 0 Å². The predicted octanol–water partition coefficient (Wildman–Crippen LogP) is -3.29. The van der Waals surface area contributed by atoms with E-state index in [1.165, 1.54) is 0 Å². The van der Waals surface area contributed by atoms with E-state index < -0.39 is 18.0 Å². The summed E-state index contributed by atoms with van der Waals surface area (Å²) in [6.45, 7) is 0. The summed E-state index contributed by atoms with van der Waals surface area (Å²) in [7, 11) is 0. The van der Waals surface area contributed by atoms with Crippen LogP contribution in [0.5, 0.6) is 18.0 Å². The Labute approximate surface area is 66.3 Å². The van der Waals surface area contributed by atoms with Crippen molar-refractivity contribution in [1.82, 2.24) is 15.0 Å². The first-order valence-electron chi connectivity index (χ1n) is 1.95. The molecule has 0 N–H and O–H groups in total. The van der Waals surface area contributed by atoms with Gasteiger partial charge in [-0.2, -0.15) is 0 Å². The summed E-state index contributed by atoms with van der Waals surface area (Å²) < 4.78 is 0. The van der Waals surface area contributed by atoms with E-state index in [0.717, 1.165) is 0 Å². The zero-order chi connectivity index (χ0) is 6.85. The molecule has 0 bridgehead atoms.